The molecule has 2 aromatic rings. The largest absolute Gasteiger partial charge is 0.366 e. The molecule has 2 fully saturated rings. The number of amides is 2. The summed E-state index contributed by atoms with van der Waals surface area (Å²) in [6, 6.07) is 9.87. The Balaban J connectivity index is 1.60. The Morgan fingerprint density at radius 3 is 2.41 bits per heavy atom. The number of hydrogen-bond acceptors (Lipinski definition) is 4. The number of benzene rings is 1. The van der Waals surface area contributed by atoms with Gasteiger partial charge in [-0.1, -0.05) is 0 Å². The molecule has 0 bridgehead atoms. The molecule has 4 rings (SSSR count). The fourth-order valence-corrected chi connectivity index (χ4v) is 4.40. The Morgan fingerprint density at radius 1 is 1.00 bits per heavy atom. The van der Waals surface area contributed by atoms with Crippen LogP contribution >= 0.6 is 0 Å². The zero-order valence-electron chi connectivity index (χ0n) is 16.5. The van der Waals surface area contributed by atoms with Crippen LogP contribution in [0, 0.1) is 11.7 Å². The Morgan fingerprint density at radius 2 is 1.69 bits per heavy atom. The molecule has 29 heavy (non-hydrogen) atoms. The van der Waals surface area contributed by atoms with Crippen molar-refractivity contribution in [3.05, 3.63) is 60.2 Å². The highest BCUT2D eigenvalue weighted by atomic mass is 19.1. The van der Waals surface area contributed by atoms with E-state index in [1.54, 1.807) is 41.6 Å². The van der Waals surface area contributed by atoms with Crippen LogP contribution in [0.15, 0.2) is 48.8 Å². The molecule has 2 aliphatic heterocycles. The van der Waals surface area contributed by atoms with Crippen molar-refractivity contribution >= 4 is 17.5 Å². The van der Waals surface area contributed by atoms with Crippen molar-refractivity contribution in [2.75, 3.05) is 38.1 Å². The first-order chi connectivity index (χ1) is 14.0. The van der Waals surface area contributed by atoms with Gasteiger partial charge in [-0.25, -0.2) is 4.39 Å². The first kappa shape index (κ1) is 19.4. The summed E-state index contributed by atoms with van der Waals surface area (Å²) < 4.78 is 13.4. The van der Waals surface area contributed by atoms with Crippen molar-refractivity contribution in [1.82, 2.24) is 14.8 Å². The Kier molecular flexibility index (Phi) is 5.47. The van der Waals surface area contributed by atoms with Gasteiger partial charge in [0.05, 0.1) is 5.92 Å². The van der Waals surface area contributed by atoms with Crippen molar-refractivity contribution in [2.24, 2.45) is 5.92 Å². The number of pyridine rings is 1. The molecule has 2 atom stereocenters. The summed E-state index contributed by atoms with van der Waals surface area (Å²) >= 11 is 0. The highest BCUT2D eigenvalue weighted by Gasteiger charge is 2.40. The first-order valence-electron chi connectivity index (χ1n) is 10.0. The normalized spacial score (nSPS) is 22.7. The molecule has 0 unspecified atom stereocenters. The van der Waals surface area contributed by atoms with Crippen molar-refractivity contribution < 1.29 is 14.0 Å². The van der Waals surface area contributed by atoms with Gasteiger partial charge >= 0.3 is 0 Å². The van der Waals surface area contributed by atoms with Crippen LogP contribution in [0.5, 0.6) is 0 Å². The number of aromatic nitrogens is 1. The van der Waals surface area contributed by atoms with Crippen molar-refractivity contribution in [3.63, 3.8) is 0 Å². The molecule has 7 heteroatoms. The zero-order valence-corrected chi connectivity index (χ0v) is 16.5. The highest BCUT2D eigenvalue weighted by molar-refractivity contribution is 5.94. The number of likely N-dealkylation sites (tertiary alicyclic amines) is 1. The second-order valence-electron chi connectivity index (χ2n) is 7.71. The van der Waals surface area contributed by atoms with Gasteiger partial charge in [-0.15, -0.1) is 0 Å². The number of anilines is 1. The van der Waals surface area contributed by atoms with Crippen molar-refractivity contribution in [2.45, 2.75) is 18.9 Å². The third-order valence-electron chi connectivity index (χ3n) is 6.01. The maximum absolute atomic E-state index is 13.4. The number of fused-ring (bicyclic) bond motifs is 1. The van der Waals surface area contributed by atoms with Gasteiger partial charge < -0.3 is 14.7 Å². The van der Waals surface area contributed by atoms with E-state index >= 15 is 0 Å². The smallest absolute Gasteiger partial charge is 0.253 e. The van der Waals surface area contributed by atoms with Crippen LogP contribution in [-0.4, -0.2) is 65.9 Å². The Bertz CT molecular complexity index is 874. The molecule has 152 valence electrons. The van der Waals surface area contributed by atoms with Gasteiger partial charge in [-0.05, 0) is 49.2 Å². The first-order valence-corrected chi connectivity index (χ1v) is 10.0. The predicted octanol–water partition coefficient (Wildman–Crippen LogP) is 2.42. The molecule has 0 saturated carbocycles. The van der Waals surface area contributed by atoms with Crippen LogP contribution in [0.2, 0.25) is 0 Å². The maximum atomic E-state index is 13.4. The lowest BCUT2D eigenvalue weighted by Gasteiger charge is -2.34. The molecule has 0 radical (unpaired) electrons. The monoisotopic (exact) mass is 396 g/mol. The fourth-order valence-electron chi connectivity index (χ4n) is 4.40. The summed E-state index contributed by atoms with van der Waals surface area (Å²) in [7, 11) is 1.83. The van der Waals surface area contributed by atoms with Crippen molar-refractivity contribution in [3.8, 4) is 0 Å². The number of halogens is 1. The Labute approximate surface area is 169 Å². The highest BCUT2D eigenvalue weighted by Crippen LogP contribution is 2.31. The van der Waals surface area contributed by atoms with E-state index in [0.717, 1.165) is 5.69 Å². The van der Waals surface area contributed by atoms with Gasteiger partial charge in [0.25, 0.3) is 5.91 Å². The van der Waals surface area contributed by atoms with E-state index in [4.69, 9.17) is 0 Å². The molecule has 0 N–H and O–H groups in total. The number of carbonyl (C=O) groups excluding carboxylic acids is 2. The van der Waals surface area contributed by atoms with Gasteiger partial charge in [0, 0.05) is 62.9 Å². The van der Waals surface area contributed by atoms with E-state index in [1.807, 2.05) is 11.9 Å². The molecule has 2 amide bonds. The molecule has 0 aliphatic carbocycles. The second-order valence-corrected chi connectivity index (χ2v) is 7.71. The van der Waals surface area contributed by atoms with Gasteiger partial charge in [-0.2, -0.15) is 0 Å². The summed E-state index contributed by atoms with van der Waals surface area (Å²) in [5.41, 5.74) is 1.53. The van der Waals surface area contributed by atoms with Gasteiger partial charge in [0.1, 0.15) is 5.82 Å². The van der Waals surface area contributed by atoms with Gasteiger partial charge in [-0.3, -0.25) is 14.6 Å². The third kappa shape index (κ3) is 3.95. The molecular formula is C22H25FN4O2. The minimum Gasteiger partial charge on any atom is -0.366 e. The molecule has 0 spiro atoms. The van der Waals surface area contributed by atoms with E-state index in [0.29, 0.717) is 44.6 Å². The Hall–Kier alpha value is -2.96. The maximum Gasteiger partial charge on any atom is 0.253 e. The number of carbonyl (C=O) groups is 2. The van der Waals surface area contributed by atoms with E-state index < -0.39 is 0 Å². The lowest BCUT2D eigenvalue weighted by molar-refractivity contribution is -0.134. The quantitative estimate of drug-likeness (QED) is 0.782. The van der Waals surface area contributed by atoms with Crippen LogP contribution in [0.1, 0.15) is 23.2 Å². The van der Waals surface area contributed by atoms with Crippen LogP contribution in [-0.2, 0) is 4.79 Å². The van der Waals surface area contributed by atoms with Crippen LogP contribution < -0.4 is 4.90 Å². The third-order valence-corrected chi connectivity index (χ3v) is 6.01. The number of rotatable bonds is 2. The van der Waals surface area contributed by atoms with Gasteiger partial charge in [0.15, 0.2) is 0 Å². The molecule has 3 heterocycles. The van der Waals surface area contributed by atoms with Crippen LogP contribution in [0.4, 0.5) is 10.1 Å². The SMILES string of the molecule is CN1CCN(c2ccc(F)cc2)[C@H]2CCN(C(=O)c3ccncc3)CC[C@@H]2C1=O. The molecule has 6 nitrogen and oxygen atoms in total. The number of nitrogens with zero attached hydrogens (tertiary/aromatic N) is 4. The summed E-state index contributed by atoms with van der Waals surface area (Å²) in [4.78, 5) is 35.7. The molecule has 2 aliphatic rings. The molecule has 1 aromatic carbocycles. The van der Waals surface area contributed by atoms with Crippen molar-refractivity contribution in [1.29, 1.82) is 0 Å². The molecule has 1 aromatic heterocycles. The average molecular weight is 396 g/mol. The molecular weight excluding hydrogens is 371 g/mol. The van der Waals surface area contributed by atoms with Crippen LogP contribution in [0.3, 0.4) is 0 Å². The molecule has 2 saturated heterocycles. The van der Waals surface area contributed by atoms with E-state index in [-0.39, 0.29) is 29.6 Å². The van der Waals surface area contributed by atoms with E-state index in [9.17, 15) is 14.0 Å². The van der Waals surface area contributed by atoms with Gasteiger partial charge in [0.2, 0.25) is 5.91 Å². The standard InChI is InChI=1S/C22H25FN4O2/c1-25-14-15-27(18-4-2-17(23)3-5-18)20-9-13-26(12-8-19(20)22(25)29)21(28)16-6-10-24-11-7-16/h2-7,10-11,19-20H,8-9,12-15H2,1H3/t19-,20-/m0/s1. The van der Waals surface area contributed by atoms with E-state index in [2.05, 4.69) is 9.88 Å². The zero-order chi connectivity index (χ0) is 20.4. The average Bonchev–Trinajstić information content (AvgIpc) is 3.03. The lowest BCUT2D eigenvalue weighted by atomic mass is 9.92. The summed E-state index contributed by atoms with van der Waals surface area (Å²) in [5.74, 6) is -0.373. The second kappa shape index (κ2) is 8.19. The summed E-state index contributed by atoms with van der Waals surface area (Å²) in [6.07, 6.45) is 4.54. The summed E-state index contributed by atoms with van der Waals surface area (Å²) in [5, 5.41) is 0. The minimum atomic E-state index is -0.275. The van der Waals surface area contributed by atoms with E-state index in [1.165, 1.54) is 12.1 Å². The number of likely N-dealkylation sites (N-methyl/N-ethyl adjacent to an activating group) is 1. The topological polar surface area (TPSA) is 56.8 Å². The predicted molar refractivity (Wildman–Crippen MR) is 108 cm³/mol. The lowest BCUT2D eigenvalue weighted by Crippen LogP contribution is -2.43. The number of hydrogen-bond donors (Lipinski definition) is 0. The van der Waals surface area contributed by atoms with Crippen LogP contribution in [0.25, 0.3) is 0 Å². The summed E-state index contributed by atoms with van der Waals surface area (Å²) in [6.45, 7) is 2.44. The minimum absolute atomic E-state index is 0.0202. The fraction of sp³-hybridized carbons (Fsp3) is 0.409.